The van der Waals surface area contributed by atoms with Crippen molar-refractivity contribution in [3.05, 3.63) is 41.9 Å². The van der Waals surface area contributed by atoms with E-state index < -0.39 is 12.2 Å². The summed E-state index contributed by atoms with van der Waals surface area (Å²) in [4.78, 5) is 11.4. The summed E-state index contributed by atoms with van der Waals surface area (Å²) in [7, 11) is 0. The Morgan fingerprint density at radius 2 is 2.38 bits per heavy atom. The van der Waals surface area contributed by atoms with Crippen molar-refractivity contribution in [1.29, 1.82) is 0 Å². The molecule has 0 aliphatic carbocycles. The third-order valence-electron chi connectivity index (χ3n) is 1.74. The second-order valence-corrected chi connectivity index (χ2v) is 3.71. The molecule has 1 amide bonds. The number of carbonyl (C=O) groups excluding carboxylic acids is 1. The summed E-state index contributed by atoms with van der Waals surface area (Å²) < 4.78 is 4.95. The van der Waals surface area contributed by atoms with Crippen LogP contribution >= 0.6 is 23.2 Å². The highest BCUT2D eigenvalue weighted by atomic mass is 35.5. The Labute approximate surface area is 104 Å². The van der Waals surface area contributed by atoms with Gasteiger partial charge in [0.25, 0.3) is 0 Å². The van der Waals surface area contributed by atoms with Crippen LogP contribution in [0.1, 0.15) is 0 Å². The van der Waals surface area contributed by atoms with Crippen LogP contribution in [0.4, 0.5) is 10.5 Å². The maximum atomic E-state index is 11.4. The topological polar surface area (TPSA) is 38.3 Å². The van der Waals surface area contributed by atoms with Gasteiger partial charge in [0, 0.05) is 10.7 Å². The average Bonchev–Trinajstić information content (AvgIpc) is 2.26. The smallest absolute Gasteiger partial charge is 0.412 e. The Hall–Kier alpha value is -1.19. The van der Waals surface area contributed by atoms with Crippen LogP contribution in [0.25, 0.3) is 0 Å². The summed E-state index contributed by atoms with van der Waals surface area (Å²) in [5.41, 5.74) is 0.565. The number of carbonyl (C=O) groups is 1. The number of nitrogens with one attached hydrogen (secondary N) is 1. The van der Waals surface area contributed by atoms with Gasteiger partial charge >= 0.3 is 6.09 Å². The van der Waals surface area contributed by atoms with Crippen LogP contribution in [-0.4, -0.2) is 18.1 Å². The fourth-order valence-electron chi connectivity index (χ4n) is 0.994. The lowest BCUT2D eigenvalue weighted by Gasteiger charge is -2.11. The van der Waals surface area contributed by atoms with Gasteiger partial charge in [0.15, 0.2) is 0 Å². The number of ether oxygens (including phenoxy) is 1. The number of rotatable bonds is 4. The van der Waals surface area contributed by atoms with Crippen LogP contribution in [0, 0.1) is 0 Å². The van der Waals surface area contributed by atoms with Crippen molar-refractivity contribution in [3.63, 3.8) is 0 Å². The van der Waals surface area contributed by atoms with E-state index in [1.807, 2.05) is 0 Å². The molecule has 1 rings (SSSR count). The molecule has 0 spiro atoms. The molecular weight excluding hydrogens is 249 g/mol. The fraction of sp³-hybridized carbons (Fsp3) is 0.182. The molecule has 1 N–H and O–H groups in total. The van der Waals surface area contributed by atoms with E-state index in [1.165, 1.54) is 6.08 Å². The summed E-state index contributed by atoms with van der Waals surface area (Å²) >= 11 is 11.3. The summed E-state index contributed by atoms with van der Waals surface area (Å²) in [5, 5.41) is 3.07. The number of halogens is 2. The highest BCUT2D eigenvalue weighted by Crippen LogP contribution is 2.15. The van der Waals surface area contributed by atoms with Crippen LogP contribution in [0.15, 0.2) is 36.9 Å². The Balaban J connectivity index is 2.54. The van der Waals surface area contributed by atoms with Crippen molar-refractivity contribution in [2.24, 2.45) is 0 Å². The molecule has 1 aromatic rings. The van der Waals surface area contributed by atoms with Gasteiger partial charge in [-0.2, -0.15) is 0 Å². The molecule has 0 aliphatic heterocycles. The molecular formula is C11H11Cl2NO2. The van der Waals surface area contributed by atoms with Gasteiger partial charge in [-0.05, 0) is 18.2 Å². The van der Waals surface area contributed by atoms with Gasteiger partial charge in [-0.15, -0.1) is 11.6 Å². The SMILES string of the molecule is C=CC(CCl)OC(=O)Nc1cccc(Cl)c1. The summed E-state index contributed by atoms with van der Waals surface area (Å²) in [6, 6.07) is 6.76. The Morgan fingerprint density at radius 1 is 1.62 bits per heavy atom. The van der Waals surface area contributed by atoms with Gasteiger partial charge in [-0.25, -0.2) is 4.79 Å². The summed E-state index contributed by atoms with van der Waals surface area (Å²) in [5.74, 6) is 0.173. The molecule has 0 saturated heterocycles. The number of alkyl halides is 1. The van der Waals surface area contributed by atoms with E-state index in [0.29, 0.717) is 10.7 Å². The molecule has 0 saturated carbocycles. The predicted molar refractivity (Wildman–Crippen MR) is 66.3 cm³/mol. The highest BCUT2D eigenvalue weighted by Gasteiger charge is 2.09. The van der Waals surface area contributed by atoms with Crippen LogP contribution in [-0.2, 0) is 4.74 Å². The molecule has 0 radical (unpaired) electrons. The molecule has 5 heteroatoms. The minimum Gasteiger partial charge on any atom is -0.440 e. The quantitative estimate of drug-likeness (QED) is 0.662. The van der Waals surface area contributed by atoms with Gasteiger partial charge in [-0.1, -0.05) is 30.3 Å². The Kier molecular flexibility index (Phi) is 5.15. The maximum absolute atomic E-state index is 11.4. The molecule has 0 aliphatic rings. The van der Waals surface area contributed by atoms with Crippen LogP contribution in [0.5, 0.6) is 0 Å². The molecule has 86 valence electrons. The van der Waals surface area contributed by atoms with Gasteiger partial charge in [0.1, 0.15) is 6.10 Å². The lowest BCUT2D eigenvalue weighted by molar-refractivity contribution is 0.143. The molecule has 3 nitrogen and oxygen atoms in total. The number of anilines is 1. The molecule has 1 unspecified atom stereocenters. The van der Waals surface area contributed by atoms with Crippen molar-refractivity contribution in [2.75, 3.05) is 11.2 Å². The number of hydrogen-bond acceptors (Lipinski definition) is 2. The van der Waals surface area contributed by atoms with E-state index in [2.05, 4.69) is 11.9 Å². The van der Waals surface area contributed by atoms with Crippen LogP contribution in [0.2, 0.25) is 5.02 Å². The zero-order chi connectivity index (χ0) is 12.0. The fourth-order valence-corrected chi connectivity index (χ4v) is 1.37. The van der Waals surface area contributed by atoms with Crippen molar-refractivity contribution < 1.29 is 9.53 Å². The maximum Gasteiger partial charge on any atom is 0.412 e. The van der Waals surface area contributed by atoms with E-state index in [9.17, 15) is 4.79 Å². The molecule has 1 atom stereocenters. The van der Waals surface area contributed by atoms with Crippen molar-refractivity contribution in [3.8, 4) is 0 Å². The third kappa shape index (κ3) is 4.13. The zero-order valence-electron chi connectivity index (χ0n) is 8.45. The Bertz CT molecular complexity index is 382. The average molecular weight is 260 g/mol. The molecule has 0 heterocycles. The molecule has 0 bridgehead atoms. The lowest BCUT2D eigenvalue weighted by atomic mass is 10.3. The standard InChI is InChI=1S/C11H11Cl2NO2/c1-2-10(7-12)16-11(15)14-9-5-3-4-8(13)6-9/h2-6,10H,1,7H2,(H,14,15). The largest absolute Gasteiger partial charge is 0.440 e. The minimum atomic E-state index is -0.590. The van der Waals surface area contributed by atoms with Gasteiger partial charge in [0.05, 0.1) is 5.88 Å². The van der Waals surface area contributed by atoms with Crippen molar-refractivity contribution in [1.82, 2.24) is 0 Å². The lowest BCUT2D eigenvalue weighted by Crippen LogP contribution is -2.21. The first-order chi connectivity index (χ1) is 7.65. The number of amides is 1. The van der Waals surface area contributed by atoms with E-state index in [0.717, 1.165) is 0 Å². The van der Waals surface area contributed by atoms with E-state index in [4.69, 9.17) is 27.9 Å². The molecule has 16 heavy (non-hydrogen) atoms. The second kappa shape index (κ2) is 6.40. The molecule has 0 aromatic heterocycles. The van der Waals surface area contributed by atoms with Crippen molar-refractivity contribution >= 4 is 35.0 Å². The second-order valence-electron chi connectivity index (χ2n) is 2.97. The van der Waals surface area contributed by atoms with Gasteiger partial charge < -0.3 is 4.74 Å². The van der Waals surface area contributed by atoms with E-state index in [1.54, 1.807) is 24.3 Å². The summed E-state index contributed by atoms with van der Waals surface area (Å²) in [6.07, 6.45) is 0.374. The van der Waals surface area contributed by atoms with Gasteiger partial charge in [-0.3, -0.25) is 5.32 Å². The van der Waals surface area contributed by atoms with Gasteiger partial charge in [0.2, 0.25) is 0 Å². The number of hydrogen-bond donors (Lipinski definition) is 1. The highest BCUT2D eigenvalue weighted by molar-refractivity contribution is 6.30. The van der Waals surface area contributed by atoms with E-state index in [-0.39, 0.29) is 5.88 Å². The predicted octanol–water partition coefficient (Wildman–Crippen LogP) is 3.68. The molecule has 1 aromatic carbocycles. The minimum absolute atomic E-state index is 0.173. The molecule has 0 fully saturated rings. The number of benzene rings is 1. The first kappa shape index (κ1) is 12.9. The monoisotopic (exact) mass is 259 g/mol. The summed E-state index contributed by atoms with van der Waals surface area (Å²) in [6.45, 7) is 3.50. The third-order valence-corrected chi connectivity index (χ3v) is 2.28. The normalized spacial score (nSPS) is 11.6. The Morgan fingerprint density at radius 3 is 2.94 bits per heavy atom. The zero-order valence-corrected chi connectivity index (χ0v) is 9.96. The van der Waals surface area contributed by atoms with E-state index >= 15 is 0 Å². The van der Waals surface area contributed by atoms with Crippen LogP contribution < -0.4 is 5.32 Å². The van der Waals surface area contributed by atoms with Crippen LogP contribution in [0.3, 0.4) is 0 Å². The first-order valence-corrected chi connectivity index (χ1v) is 5.48. The van der Waals surface area contributed by atoms with Crippen molar-refractivity contribution in [2.45, 2.75) is 6.10 Å². The first-order valence-electron chi connectivity index (χ1n) is 4.57.